The van der Waals surface area contributed by atoms with Crippen LogP contribution in [0.4, 0.5) is 0 Å². The minimum Gasteiger partial charge on any atom is -0.493 e. The van der Waals surface area contributed by atoms with Crippen molar-refractivity contribution in [3.05, 3.63) is 83.4 Å². The Morgan fingerprint density at radius 1 is 1.07 bits per heavy atom. The van der Waals surface area contributed by atoms with Crippen LogP contribution in [0.5, 0.6) is 5.75 Å². The summed E-state index contributed by atoms with van der Waals surface area (Å²) in [5.74, 6) is 0.278. The van der Waals surface area contributed by atoms with E-state index < -0.39 is 0 Å². The number of carbonyl (C=O) groups is 1. The fraction of sp³-hybridized carbons (Fsp3) is 0.167. The van der Waals surface area contributed by atoms with Crippen LogP contribution in [0.25, 0.3) is 16.8 Å². The smallest absolute Gasteiger partial charge is 0.261 e. The van der Waals surface area contributed by atoms with Gasteiger partial charge >= 0.3 is 0 Å². The summed E-state index contributed by atoms with van der Waals surface area (Å²) in [4.78, 5) is 12.5. The highest BCUT2D eigenvalue weighted by molar-refractivity contribution is 6.04. The van der Waals surface area contributed by atoms with Crippen LogP contribution >= 0.6 is 0 Å². The first-order valence-corrected chi connectivity index (χ1v) is 9.31. The Labute approximate surface area is 165 Å². The minimum atomic E-state index is -0.381. The van der Waals surface area contributed by atoms with Gasteiger partial charge in [-0.25, -0.2) is 0 Å². The number of carbonyl (C=O) groups excluding carboxylic acids is 1. The summed E-state index contributed by atoms with van der Waals surface area (Å²) in [6.07, 6.45) is 2.33. The van der Waals surface area contributed by atoms with Crippen molar-refractivity contribution in [1.29, 1.82) is 5.26 Å². The minimum absolute atomic E-state index is 0.0605. The summed E-state index contributed by atoms with van der Waals surface area (Å²) in [6, 6.07) is 23.6. The molecule has 0 aromatic heterocycles. The molecule has 0 bridgehead atoms. The van der Waals surface area contributed by atoms with Crippen molar-refractivity contribution < 1.29 is 9.53 Å². The molecule has 0 radical (unpaired) electrons. The Bertz CT molecular complexity index is 1030. The molecule has 28 heavy (non-hydrogen) atoms. The third-order valence-corrected chi connectivity index (χ3v) is 4.43. The number of benzene rings is 3. The third-order valence-electron chi connectivity index (χ3n) is 4.43. The lowest BCUT2D eigenvalue weighted by atomic mass is 10.0. The zero-order chi connectivity index (χ0) is 19.8. The third kappa shape index (κ3) is 4.57. The molecule has 140 valence electrons. The Morgan fingerprint density at radius 3 is 2.57 bits per heavy atom. The topological polar surface area (TPSA) is 62.1 Å². The van der Waals surface area contributed by atoms with Crippen LogP contribution in [-0.4, -0.2) is 19.1 Å². The maximum atomic E-state index is 12.5. The molecule has 3 aromatic rings. The molecule has 4 nitrogen and oxygen atoms in total. The van der Waals surface area contributed by atoms with E-state index in [0.29, 0.717) is 25.3 Å². The lowest BCUT2D eigenvalue weighted by Crippen LogP contribution is -2.26. The Balaban J connectivity index is 1.84. The normalized spacial score (nSPS) is 11.1. The van der Waals surface area contributed by atoms with E-state index >= 15 is 0 Å². The van der Waals surface area contributed by atoms with Crippen molar-refractivity contribution in [3.8, 4) is 11.8 Å². The van der Waals surface area contributed by atoms with E-state index in [4.69, 9.17) is 4.74 Å². The largest absolute Gasteiger partial charge is 0.493 e. The molecule has 0 unspecified atom stereocenters. The second-order valence-electron chi connectivity index (χ2n) is 6.29. The van der Waals surface area contributed by atoms with E-state index in [0.717, 1.165) is 21.9 Å². The van der Waals surface area contributed by atoms with Crippen LogP contribution in [-0.2, 0) is 11.2 Å². The van der Waals surface area contributed by atoms with Crippen LogP contribution in [0.3, 0.4) is 0 Å². The van der Waals surface area contributed by atoms with E-state index in [2.05, 4.69) is 5.32 Å². The quantitative estimate of drug-likeness (QED) is 0.492. The van der Waals surface area contributed by atoms with Crippen molar-refractivity contribution in [2.24, 2.45) is 0 Å². The van der Waals surface area contributed by atoms with Gasteiger partial charge in [-0.1, -0.05) is 60.7 Å². The van der Waals surface area contributed by atoms with Crippen molar-refractivity contribution in [2.45, 2.75) is 13.3 Å². The highest BCUT2D eigenvalue weighted by Gasteiger charge is 2.13. The lowest BCUT2D eigenvalue weighted by molar-refractivity contribution is -0.117. The molecule has 0 aliphatic carbocycles. The first-order chi connectivity index (χ1) is 13.7. The van der Waals surface area contributed by atoms with Crippen LogP contribution in [0.15, 0.2) is 72.3 Å². The average Bonchev–Trinajstić information content (AvgIpc) is 2.73. The highest BCUT2D eigenvalue weighted by atomic mass is 16.5. The standard InChI is InChI=1S/C24H22N2O2/c1-2-28-23-13-12-19-10-6-7-11-21(19)22(23)16-20(17-25)24(27)26-15-14-18-8-4-3-5-9-18/h3-13,16H,2,14-15H2,1H3,(H,26,27)/b20-16+. The number of nitrogens with one attached hydrogen (secondary N) is 1. The molecule has 0 atom stereocenters. The SMILES string of the molecule is CCOc1ccc2ccccc2c1/C=C(\C#N)C(=O)NCCc1ccccc1. The Kier molecular flexibility index (Phi) is 6.43. The molecule has 4 heteroatoms. The molecular formula is C24H22N2O2. The molecule has 0 spiro atoms. The number of nitriles is 1. The number of hydrogen-bond donors (Lipinski definition) is 1. The van der Waals surface area contributed by atoms with Gasteiger partial charge in [-0.15, -0.1) is 0 Å². The molecule has 0 fully saturated rings. The summed E-state index contributed by atoms with van der Waals surface area (Å²) in [6.45, 7) is 2.88. The van der Waals surface area contributed by atoms with Gasteiger partial charge in [0.1, 0.15) is 17.4 Å². The second kappa shape index (κ2) is 9.38. The van der Waals surface area contributed by atoms with E-state index in [1.807, 2.05) is 79.7 Å². The van der Waals surface area contributed by atoms with Crippen molar-refractivity contribution >= 4 is 22.8 Å². The van der Waals surface area contributed by atoms with Crippen LogP contribution < -0.4 is 10.1 Å². The Hall–Kier alpha value is -3.58. The van der Waals surface area contributed by atoms with Gasteiger partial charge in [0.15, 0.2) is 0 Å². The van der Waals surface area contributed by atoms with Crippen LogP contribution in [0, 0.1) is 11.3 Å². The number of amides is 1. The number of ether oxygens (including phenoxy) is 1. The summed E-state index contributed by atoms with van der Waals surface area (Å²) >= 11 is 0. The second-order valence-corrected chi connectivity index (χ2v) is 6.29. The highest BCUT2D eigenvalue weighted by Crippen LogP contribution is 2.30. The number of rotatable bonds is 7. The molecule has 0 heterocycles. The Morgan fingerprint density at radius 2 is 1.82 bits per heavy atom. The number of hydrogen-bond acceptors (Lipinski definition) is 3. The van der Waals surface area contributed by atoms with Crippen molar-refractivity contribution in [2.75, 3.05) is 13.2 Å². The number of nitrogens with zero attached hydrogens (tertiary/aromatic N) is 1. The van der Waals surface area contributed by atoms with Crippen molar-refractivity contribution in [3.63, 3.8) is 0 Å². The molecule has 0 aliphatic rings. The summed E-state index contributed by atoms with van der Waals surface area (Å²) < 4.78 is 5.72. The van der Waals surface area contributed by atoms with Crippen LogP contribution in [0.1, 0.15) is 18.1 Å². The zero-order valence-electron chi connectivity index (χ0n) is 15.8. The van der Waals surface area contributed by atoms with Gasteiger partial charge in [0.2, 0.25) is 0 Å². The van der Waals surface area contributed by atoms with E-state index in [1.54, 1.807) is 6.08 Å². The fourth-order valence-corrected chi connectivity index (χ4v) is 3.06. The lowest BCUT2D eigenvalue weighted by Gasteiger charge is -2.11. The number of fused-ring (bicyclic) bond motifs is 1. The molecule has 1 amide bonds. The van der Waals surface area contributed by atoms with Crippen molar-refractivity contribution in [1.82, 2.24) is 5.32 Å². The summed E-state index contributed by atoms with van der Waals surface area (Å²) in [5.41, 5.74) is 1.94. The monoisotopic (exact) mass is 370 g/mol. The average molecular weight is 370 g/mol. The van der Waals surface area contributed by atoms with E-state index in [1.165, 1.54) is 0 Å². The molecule has 3 aromatic carbocycles. The molecular weight excluding hydrogens is 348 g/mol. The maximum absolute atomic E-state index is 12.5. The van der Waals surface area contributed by atoms with E-state index in [9.17, 15) is 10.1 Å². The molecule has 1 N–H and O–H groups in total. The van der Waals surface area contributed by atoms with Gasteiger partial charge in [0.05, 0.1) is 6.61 Å². The predicted molar refractivity (Wildman–Crippen MR) is 112 cm³/mol. The van der Waals surface area contributed by atoms with E-state index in [-0.39, 0.29) is 11.5 Å². The molecule has 0 saturated carbocycles. The molecule has 3 rings (SSSR count). The summed E-state index contributed by atoms with van der Waals surface area (Å²) in [5, 5.41) is 14.3. The predicted octanol–water partition coefficient (Wildman–Crippen LogP) is 4.50. The van der Waals surface area contributed by atoms with Gasteiger partial charge in [-0.05, 0) is 41.8 Å². The molecule has 0 aliphatic heterocycles. The van der Waals surface area contributed by atoms with Crippen LogP contribution in [0.2, 0.25) is 0 Å². The molecule has 0 saturated heterocycles. The fourth-order valence-electron chi connectivity index (χ4n) is 3.06. The first kappa shape index (κ1) is 19.2. The summed E-state index contributed by atoms with van der Waals surface area (Å²) in [7, 11) is 0. The maximum Gasteiger partial charge on any atom is 0.261 e. The van der Waals surface area contributed by atoms with Gasteiger partial charge in [-0.2, -0.15) is 5.26 Å². The zero-order valence-corrected chi connectivity index (χ0v) is 15.8. The van der Waals surface area contributed by atoms with Gasteiger partial charge in [0.25, 0.3) is 5.91 Å². The van der Waals surface area contributed by atoms with Gasteiger partial charge in [0, 0.05) is 12.1 Å². The first-order valence-electron chi connectivity index (χ1n) is 9.31. The van der Waals surface area contributed by atoms with Gasteiger partial charge < -0.3 is 10.1 Å². The van der Waals surface area contributed by atoms with Gasteiger partial charge in [-0.3, -0.25) is 4.79 Å².